The Morgan fingerprint density at radius 1 is 0.960 bits per heavy atom. The molecule has 1 aliphatic carbocycles. The standard InChI is InChI=1S/C24H27N/c1-3-16-24(21-14-17-25(2)18-15-21)22-10-6-4-8-19(22)12-13-20-9-5-7-11-23(20)24/h3-11,14H,1,12-13,15-18H2,2H3. The Morgan fingerprint density at radius 2 is 1.56 bits per heavy atom. The molecular formula is C24H27N. The second kappa shape index (κ2) is 6.65. The van der Waals surface area contributed by atoms with Gasteiger partial charge in [-0.3, -0.25) is 0 Å². The molecule has 128 valence electrons. The third kappa shape index (κ3) is 2.67. The maximum absolute atomic E-state index is 4.15. The van der Waals surface area contributed by atoms with Gasteiger partial charge < -0.3 is 4.90 Å². The van der Waals surface area contributed by atoms with Crippen LogP contribution in [-0.4, -0.2) is 25.0 Å². The molecule has 1 nitrogen and oxygen atoms in total. The lowest BCUT2D eigenvalue weighted by molar-refractivity contribution is 0.345. The number of rotatable bonds is 3. The number of allylic oxidation sites excluding steroid dienone is 1. The molecule has 2 aliphatic rings. The lowest BCUT2D eigenvalue weighted by Gasteiger charge is -2.41. The maximum Gasteiger partial charge on any atom is 0.0451 e. The van der Waals surface area contributed by atoms with Crippen molar-refractivity contribution < 1.29 is 0 Å². The number of nitrogens with zero attached hydrogens (tertiary/aromatic N) is 1. The summed E-state index contributed by atoms with van der Waals surface area (Å²) >= 11 is 0. The Labute approximate surface area is 151 Å². The van der Waals surface area contributed by atoms with Crippen LogP contribution < -0.4 is 0 Å². The summed E-state index contributed by atoms with van der Waals surface area (Å²) in [6.45, 7) is 6.32. The third-order valence-corrected chi connectivity index (χ3v) is 6.03. The summed E-state index contributed by atoms with van der Waals surface area (Å²) in [5.41, 5.74) is 7.52. The molecule has 0 fully saturated rings. The highest BCUT2D eigenvalue weighted by Gasteiger charge is 2.41. The van der Waals surface area contributed by atoms with Crippen LogP contribution in [0.15, 0.2) is 72.8 Å². The normalized spacial score (nSPS) is 19.3. The highest BCUT2D eigenvalue weighted by molar-refractivity contribution is 5.57. The molecule has 25 heavy (non-hydrogen) atoms. The van der Waals surface area contributed by atoms with E-state index < -0.39 is 0 Å². The first-order chi connectivity index (χ1) is 12.3. The van der Waals surface area contributed by atoms with Crippen LogP contribution in [0.1, 0.15) is 35.1 Å². The Hall–Kier alpha value is -2.12. The molecule has 2 aromatic carbocycles. The SMILES string of the molecule is C=CCC1(C2=CCN(C)CC2)c2ccccc2CCc2ccccc21. The fraction of sp³-hybridized carbons (Fsp3) is 0.333. The van der Waals surface area contributed by atoms with Crippen molar-refractivity contribution in [3.8, 4) is 0 Å². The van der Waals surface area contributed by atoms with Crippen LogP contribution in [0.5, 0.6) is 0 Å². The van der Waals surface area contributed by atoms with E-state index in [2.05, 4.69) is 79.2 Å². The number of benzene rings is 2. The van der Waals surface area contributed by atoms with E-state index in [1.165, 1.54) is 22.3 Å². The van der Waals surface area contributed by atoms with Crippen LogP contribution in [0, 0.1) is 0 Å². The van der Waals surface area contributed by atoms with Gasteiger partial charge in [0.05, 0.1) is 0 Å². The predicted molar refractivity (Wildman–Crippen MR) is 106 cm³/mol. The van der Waals surface area contributed by atoms with Gasteiger partial charge in [-0.15, -0.1) is 6.58 Å². The molecule has 4 rings (SSSR count). The largest absolute Gasteiger partial charge is 0.302 e. The third-order valence-electron chi connectivity index (χ3n) is 6.03. The molecule has 0 saturated heterocycles. The summed E-state index contributed by atoms with van der Waals surface area (Å²) in [7, 11) is 2.21. The van der Waals surface area contributed by atoms with Gasteiger partial charge in [-0.05, 0) is 55.0 Å². The van der Waals surface area contributed by atoms with E-state index >= 15 is 0 Å². The summed E-state index contributed by atoms with van der Waals surface area (Å²) in [5, 5.41) is 0. The Bertz CT molecular complexity index is 767. The first-order valence-electron chi connectivity index (χ1n) is 9.41. The summed E-state index contributed by atoms with van der Waals surface area (Å²) in [5.74, 6) is 0. The molecule has 1 heterocycles. The van der Waals surface area contributed by atoms with Crippen molar-refractivity contribution in [2.75, 3.05) is 20.1 Å². The highest BCUT2D eigenvalue weighted by atomic mass is 15.1. The second-order valence-corrected chi connectivity index (χ2v) is 7.45. The van der Waals surface area contributed by atoms with Crippen molar-refractivity contribution in [1.29, 1.82) is 0 Å². The van der Waals surface area contributed by atoms with Gasteiger partial charge in [0.15, 0.2) is 0 Å². The Balaban J connectivity index is 2.02. The van der Waals surface area contributed by atoms with Crippen molar-refractivity contribution >= 4 is 0 Å². The van der Waals surface area contributed by atoms with Gasteiger partial charge in [0.25, 0.3) is 0 Å². The quantitative estimate of drug-likeness (QED) is 0.723. The average Bonchev–Trinajstić information content (AvgIpc) is 2.79. The number of hydrogen-bond donors (Lipinski definition) is 0. The smallest absolute Gasteiger partial charge is 0.0451 e. The summed E-state index contributed by atoms with van der Waals surface area (Å²) in [6, 6.07) is 18.2. The minimum atomic E-state index is -0.0489. The van der Waals surface area contributed by atoms with Crippen molar-refractivity contribution in [2.45, 2.75) is 31.1 Å². The van der Waals surface area contributed by atoms with Crippen molar-refractivity contribution in [3.05, 3.63) is 95.1 Å². The van der Waals surface area contributed by atoms with E-state index in [0.717, 1.165) is 38.8 Å². The fourth-order valence-electron chi connectivity index (χ4n) is 4.80. The number of hydrogen-bond acceptors (Lipinski definition) is 1. The monoisotopic (exact) mass is 329 g/mol. The molecule has 0 radical (unpaired) electrons. The molecule has 0 saturated carbocycles. The maximum atomic E-state index is 4.15. The molecule has 0 amide bonds. The summed E-state index contributed by atoms with van der Waals surface area (Å²) in [4.78, 5) is 2.40. The molecule has 0 aromatic heterocycles. The van der Waals surface area contributed by atoms with Crippen molar-refractivity contribution in [3.63, 3.8) is 0 Å². The van der Waals surface area contributed by atoms with Gasteiger partial charge in [-0.2, -0.15) is 0 Å². The zero-order chi connectivity index (χ0) is 17.3. The van der Waals surface area contributed by atoms with Gasteiger partial charge in [0.2, 0.25) is 0 Å². The molecule has 0 N–H and O–H groups in total. The summed E-state index contributed by atoms with van der Waals surface area (Å²) in [6.07, 6.45) is 8.95. The van der Waals surface area contributed by atoms with Crippen LogP contribution in [-0.2, 0) is 18.3 Å². The molecule has 0 bridgehead atoms. The molecule has 1 aliphatic heterocycles. The predicted octanol–water partition coefficient (Wildman–Crippen LogP) is 4.91. The molecule has 1 heteroatoms. The average molecular weight is 329 g/mol. The van der Waals surface area contributed by atoms with Crippen molar-refractivity contribution in [1.82, 2.24) is 4.90 Å². The van der Waals surface area contributed by atoms with Gasteiger partial charge in [-0.1, -0.05) is 66.3 Å². The second-order valence-electron chi connectivity index (χ2n) is 7.45. The number of likely N-dealkylation sites (N-methyl/N-ethyl adjacent to an activating group) is 1. The van der Waals surface area contributed by atoms with Crippen molar-refractivity contribution in [2.24, 2.45) is 0 Å². The van der Waals surface area contributed by atoms with E-state index in [9.17, 15) is 0 Å². The van der Waals surface area contributed by atoms with E-state index in [-0.39, 0.29) is 5.41 Å². The van der Waals surface area contributed by atoms with Crippen LogP contribution >= 0.6 is 0 Å². The van der Waals surface area contributed by atoms with Gasteiger partial charge in [0.1, 0.15) is 0 Å². The molecule has 0 unspecified atom stereocenters. The first-order valence-corrected chi connectivity index (χ1v) is 9.41. The molecule has 0 spiro atoms. The number of aryl methyl sites for hydroxylation is 2. The van der Waals surface area contributed by atoms with Gasteiger partial charge in [0, 0.05) is 18.5 Å². The van der Waals surface area contributed by atoms with Crippen LogP contribution in [0.2, 0.25) is 0 Å². The highest BCUT2D eigenvalue weighted by Crippen LogP contribution is 2.49. The Morgan fingerprint density at radius 3 is 2.08 bits per heavy atom. The fourth-order valence-corrected chi connectivity index (χ4v) is 4.80. The summed E-state index contributed by atoms with van der Waals surface area (Å²) < 4.78 is 0. The Kier molecular flexibility index (Phi) is 4.35. The molecule has 0 atom stereocenters. The zero-order valence-corrected chi connectivity index (χ0v) is 15.2. The van der Waals surface area contributed by atoms with Crippen LogP contribution in [0.25, 0.3) is 0 Å². The van der Waals surface area contributed by atoms with E-state index in [1.54, 1.807) is 5.57 Å². The zero-order valence-electron chi connectivity index (χ0n) is 15.2. The van der Waals surface area contributed by atoms with Gasteiger partial charge >= 0.3 is 0 Å². The minimum absolute atomic E-state index is 0.0489. The minimum Gasteiger partial charge on any atom is -0.302 e. The first kappa shape index (κ1) is 16.4. The van der Waals surface area contributed by atoms with Gasteiger partial charge in [-0.25, -0.2) is 0 Å². The molecular weight excluding hydrogens is 302 g/mol. The van der Waals surface area contributed by atoms with E-state index in [1.807, 2.05) is 0 Å². The lowest BCUT2D eigenvalue weighted by Crippen LogP contribution is -2.36. The van der Waals surface area contributed by atoms with Crippen LogP contribution in [0.4, 0.5) is 0 Å². The topological polar surface area (TPSA) is 3.24 Å². The molecule has 2 aromatic rings. The van der Waals surface area contributed by atoms with E-state index in [0.29, 0.717) is 0 Å². The van der Waals surface area contributed by atoms with Crippen LogP contribution in [0.3, 0.4) is 0 Å². The number of fused-ring (bicyclic) bond motifs is 2. The lowest BCUT2D eigenvalue weighted by atomic mass is 9.64. The van der Waals surface area contributed by atoms with E-state index in [4.69, 9.17) is 0 Å².